The van der Waals surface area contributed by atoms with E-state index in [1.807, 2.05) is 0 Å². The van der Waals surface area contributed by atoms with Crippen molar-refractivity contribution in [1.82, 2.24) is 10.4 Å². The molecule has 3 aromatic carbocycles. The van der Waals surface area contributed by atoms with Gasteiger partial charge in [-0.05, 0) is 59.5 Å². The number of hydrogen-bond donors (Lipinski definition) is 2. The molecule has 1 aliphatic heterocycles. The minimum Gasteiger partial charge on any atom is -0.489 e. The number of aliphatic hydroxyl groups excluding tert-OH is 1. The molecule has 1 heterocycles. The Morgan fingerprint density at radius 1 is 1.03 bits per heavy atom. The van der Waals surface area contributed by atoms with Gasteiger partial charge in [0.2, 0.25) is 0 Å². The molecule has 2 amide bonds. The lowest BCUT2D eigenvalue weighted by Crippen LogP contribution is -2.49. The number of halogens is 2. The zero-order valence-electron chi connectivity index (χ0n) is 18.9. The molecular weight excluding hydrogens is 458 g/mol. The highest BCUT2D eigenvalue weighted by molar-refractivity contribution is 5.98. The lowest BCUT2D eigenvalue weighted by atomic mass is 10.1. The molecule has 0 bridgehead atoms. The largest absolute Gasteiger partial charge is 0.489 e. The third-order valence-corrected chi connectivity index (χ3v) is 5.78. The maximum absolute atomic E-state index is 13.5. The molecule has 0 radical (unpaired) electrons. The number of rotatable bonds is 7. The van der Waals surface area contributed by atoms with E-state index < -0.39 is 29.7 Å². The molecule has 1 fully saturated rings. The fourth-order valence-electron chi connectivity index (χ4n) is 4.03. The van der Waals surface area contributed by atoms with Crippen LogP contribution in [-0.2, 0) is 16.2 Å². The molecule has 0 aromatic heterocycles. The quantitative estimate of drug-likeness (QED) is 0.504. The molecule has 4 rings (SSSR count). The molecule has 3 aromatic rings. The number of ether oxygens (including phenoxy) is 1. The predicted molar refractivity (Wildman–Crippen MR) is 123 cm³/mol. The molecular formula is C26H24F2N2O5. The van der Waals surface area contributed by atoms with Crippen LogP contribution in [0.4, 0.5) is 8.78 Å². The Balaban J connectivity index is 1.42. The normalized spacial score (nSPS) is 17.3. The van der Waals surface area contributed by atoms with Crippen molar-refractivity contribution in [3.63, 3.8) is 0 Å². The van der Waals surface area contributed by atoms with Crippen molar-refractivity contribution in [2.24, 2.45) is 0 Å². The van der Waals surface area contributed by atoms with Gasteiger partial charge in [0.1, 0.15) is 18.4 Å². The fraction of sp³-hybridized carbons (Fsp3) is 0.231. The van der Waals surface area contributed by atoms with E-state index in [-0.39, 0.29) is 25.5 Å². The Kier molecular flexibility index (Phi) is 7.38. The fourth-order valence-corrected chi connectivity index (χ4v) is 4.03. The number of benzene rings is 3. The summed E-state index contributed by atoms with van der Waals surface area (Å²) in [6.07, 6.45) is -0.688. The van der Waals surface area contributed by atoms with E-state index in [9.17, 15) is 23.5 Å². The summed E-state index contributed by atoms with van der Waals surface area (Å²) in [7, 11) is 1.28. The minimum absolute atomic E-state index is 0.182. The highest BCUT2D eigenvalue weighted by Crippen LogP contribution is 2.25. The van der Waals surface area contributed by atoms with Gasteiger partial charge in [0.15, 0.2) is 11.6 Å². The van der Waals surface area contributed by atoms with Crippen molar-refractivity contribution < 1.29 is 33.1 Å². The molecule has 182 valence electrons. The van der Waals surface area contributed by atoms with Crippen molar-refractivity contribution in [2.45, 2.75) is 25.2 Å². The van der Waals surface area contributed by atoms with Crippen molar-refractivity contribution >= 4 is 11.8 Å². The standard InChI is InChI=1S/C26H24F2N2O5/c1-34-29-25(32)24-23(31)11-12-30(24)26(33)19-4-2-3-16(13-19)15-35-20-8-5-17(6-9-20)18-7-10-21(27)22(28)14-18/h2-10,13-14,23-24,31H,11-12,15H2,1H3,(H,29,32)/t23-,24-/m0/s1. The van der Waals surface area contributed by atoms with Crippen LogP contribution in [0.1, 0.15) is 22.3 Å². The van der Waals surface area contributed by atoms with Gasteiger partial charge in [-0.2, -0.15) is 0 Å². The summed E-state index contributed by atoms with van der Waals surface area (Å²) in [6.45, 7) is 0.425. The third-order valence-electron chi connectivity index (χ3n) is 5.78. The zero-order valence-corrected chi connectivity index (χ0v) is 18.9. The Hall–Kier alpha value is -3.82. The first-order valence-electron chi connectivity index (χ1n) is 11.0. The van der Waals surface area contributed by atoms with E-state index in [0.29, 0.717) is 22.4 Å². The molecule has 0 unspecified atom stereocenters. The van der Waals surface area contributed by atoms with Gasteiger partial charge in [-0.3, -0.25) is 14.4 Å². The topological polar surface area (TPSA) is 88.1 Å². The van der Waals surface area contributed by atoms with E-state index >= 15 is 0 Å². The van der Waals surface area contributed by atoms with Crippen LogP contribution in [0.3, 0.4) is 0 Å². The van der Waals surface area contributed by atoms with E-state index in [2.05, 4.69) is 10.3 Å². The van der Waals surface area contributed by atoms with Crippen LogP contribution < -0.4 is 10.2 Å². The predicted octanol–water partition coefficient (Wildman–Crippen LogP) is 3.46. The molecule has 2 atom stereocenters. The van der Waals surface area contributed by atoms with Crippen LogP contribution in [0.15, 0.2) is 66.7 Å². The number of hydrogen-bond acceptors (Lipinski definition) is 5. The van der Waals surface area contributed by atoms with Crippen LogP contribution >= 0.6 is 0 Å². The SMILES string of the molecule is CONC(=O)[C@@H]1[C@@H](O)CCN1C(=O)c1cccc(COc2ccc(-c3ccc(F)c(F)c3)cc2)c1. The molecule has 0 saturated carbocycles. The van der Waals surface area contributed by atoms with Crippen molar-refractivity contribution in [3.05, 3.63) is 89.5 Å². The molecule has 1 aliphatic rings. The summed E-state index contributed by atoms with van der Waals surface area (Å²) in [5.74, 6) is -2.21. The summed E-state index contributed by atoms with van der Waals surface area (Å²) in [6, 6.07) is 16.4. The monoisotopic (exact) mass is 482 g/mol. The van der Waals surface area contributed by atoms with Gasteiger partial charge in [0, 0.05) is 12.1 Å². The van der Waals surface area contributed by atoms with Gasteiger partial charge in [0.25, 0.3) is 11.8 Å². The zero-order chi connectivity index (χ0) is 24.9. The molecule has 9 heteroatoms. The van der Waals surface area contributed by atoms with E-state index in [1.165, 1.54) is 18.1 Å². The molecule has 35 heavy (non-hydrogen) atoms. The van der Waals surface area contributed by atoms with Gasteiger partial charge >= 0.3 is 0 Å². The number of nitrogens with one attached hydrogen (secondary N) is 1. The maximum atomic E-state index is 13.5. The highest BCUT2D eigenvalue weighted by Gasteiger charge is 2.41. The summed E-state index contributed by atoms with van der Waals surface area (Å²) in [4.78, 5) is 31.3. The number of carbonyl (C=O) groups excluding carboxylic acids is 2. The van der Waals surface area contributed by atoms with E-state index in [4.69, 9.17) is 4.74 Å². The van der Waals surface area contributed by atoms with Gasteiger partial charge < -0.3 is 14.7 Å². The highest BCUT2D eigenvalue weighted by atomic mass is 19.2. The number of likely N-dealkylation sites (tertiary alicyclic amines) is 1. The summed E-state index contributed by atoms with van der Waals surface area (Å²) >= 11 is 0. The maximum Gasteiger partial charge on any atom is 0.268 e. The first-order valence-corrected chi connectivity index (χ1v) is 11.0. The Morgan fingerprint density at radius 3 is 2.49 bits per heavy atom. The second-order valence-corrected chi connectivity index (χ2v) is 8.11. The summed E-state index contributed by atoms with van der Waals surface area (Å²) in [5, 5.41) is 10.2. The van der Waals surface area contributed by atoms with Crippen molar-refractivity contribution in [2.75, 3.05) is 13.7 Å². The summed E-state index contributed by atoms with van der Waals surface area (Å²) < 4.78 is 32.5. The lowest BCUT2D eigenvalue weighted by Gasteiger charge is -2.25. The van der Waals surface area contributed by atoms with Gasteiger partial charge in [-0.1, -0.05) is 30.3 Å². The number of amides is 2. The van der Waals surface area contributed by atoms with Crippen LogP contribution in [0.5, 0.6) is 5.75 Å². The Labute approximate surface area is 200 Å². The number of aliphatic hydroxyl groups is 1. The van der Waals surface area contributed by atoms with Crippen LogP contribution in [-0.4, -0.2) is 47.6 Å². The van der Waals surface area contributed by atoms with E-state index in [0.717, 1.165) is 17.7 Å². The first-order chi connectivity index (χ1) is 16.9. The van der Waals surface area contributed by atoms with Gasteiger partial charge in [-0.25, -0.2) is 14.3 Å². The van der Waals surface area contributed by atoms with Crippen LogP contribution in [0, 0.1) is 11.6 Å². The second kappa shape index (κ2) is 10.6. The first kappa shape index (κ1) is 24.3. The van der Waals surface area contributed by atoms with Crippen LogP contribution in [0.2, 0.25) is 0 Å². The van der Waals surface area contributed by atoms with Gasteiger partial charge in [0.05, 0.1) is 13.2 Å². The minimum atomic E-state index is -1.03. The van der Waals surface area contributed by atoms with Gasteiger partial charge in [-0.15, -0.1) is 0 Å². The van der Waals surface area contributed by atoms with E-state index in [1.54, 1.807) is 48.5 Å². The molecule has 1 saturated heterocycles. The smallest absolute Gasteiger partial charge is 0.268 e. The molecule has 0 aliphatic carbocycles. The number of hydroxylamine groups is 1. The van der Waals surface area contributed by atoms with Crippen LogP contribution in [0.25, 0.3) is 11.1 Å². The molecule has 2 N–H and O–H groups in total. The lowest BCUT2D eigenvalue weighted by molar-refractivity contribution is -0.137. The second-order valence-electron chi connectivity index (χ2n) is 8.11. The van der Waals surface area contributed by atoms with Crippen molar-refractivity contribution in [1.29, 1.82) is 0 Å². The summed E-state index contributed by atoms with van der Waals surface area (Å²) in [5.41, 5.74) is 4.53. The Bertz CT molecular complexity index is 1220. The molecule has 0 spiro atoms. The van der Waals surface area contributed by atoms with Crippen molar-refractivity contribution in [3.8, 4) is 16.9 Å². The number of nitrogens with zero attached hydrogens (tertiary/aromatic N) is 1. The number of carbonyl (C=O) groups is 2. The Morgan fingerprint density at radius 2 is 1.77 bits per heavy atom. The average Bonchev–Trinajstić information content (AvgIpc) is 3.26. The average molecular weight is 482 g/mol. The molecule has 7 nitrogen and oxygen atoms in total. The third kappa shape index (κ3) is 5.47.